The number of para-hydroxylation sites is 2. The second kappa shape index (κ2) is 11.6. The van der Waals surface area contributed by atoms with Crippen LogP contribution in [0.2, 0.25) is 0 Å². The zero-order valence-electron chi connectivity index (χ0n) is 31.5. The summed E-state index contributed by atoms with van der Waals surface area (Å²) in [6.45, 7) is 0. The van der Waals surface area contributed by atoms with E-state index < -0.39 is 6.04 Å². The lowest BCUT2D eigenvalue weighted by Gasteiger charge is -2.11. The lowest BCUT2D eigenvalue weighted by molar-refractivity contribution is 0.954. The predicted octanol–water partition coefficient (Wildman–Crippen LogP) is 12.0. The van der Waals surface area contributed by atoms with Crippen molar-refractivity contribution in [2.75, 3.05) is 0 Å². The molecule has 0 bridgehead atoms. The van der Waals surface area contributed by atoms with E-state index in [4.69, 9.17) is 21.8 Å². The third-order valence-electron chi connectivity index (χ3n) is 9.14. The Labute approximate surface area is 299 Å². The molecule has 0 unspecified atom stereocenters. The Morgan fingerprint density at radius 1 is 0.460 bits per heavy atom. The van der Waals surface area contributed by atoms with E-state index in [1.807, 2.05) is 97.1 Å². The van der Waals surface area contributed by atoms with Crippen molar-refractivity contribution in [3.63, 3.8) is 0 Å². The quantitative estimate of drug-likeness (QED) is 0.184. The van der Waals surface area contributed by atoms with Gasteiger partial charge in [0.15, 0.2) is 11.6 Å². The number of hydrogen-bond donors (Lipinski definition) is 0. The Kier molecular flexibility index (Phi) is 5.54. The Morgan fingerprint density at radius 2 is 1.08 bits per heavy atom. The number of aromatic nitrogens is 4. The molecule has 234 valence electrons. The lowest BCUT2D eigenvalue weighted by atomic mass is 9.96. The molecule has 0 atom stereocenters. The second-order valence-electron chi connectivity index (χ2n) is 12.1. The van der Waals surface area contributed by atoms with Crippen LogP contribution in [0.15, 0.2) is 170 Å². The Bertz CT molecular complexity index is 3080. The molecule has 4 nitrogen and oxygen atoms in total. The molecule has 50 heavy (non-hydrogen) atoms. The normalized spacial score (nSPS) is 13.0. The number of nitrogens with zero attached hydrogens (tertiary/aromatic N) is 4. The summed E-state index contributed by atoms with van der Waals surface area (Å²) in [5.41, 5.74) is 6.28. The molecule has 0 amide bonds. The lowest BCUT2D eigenvalue weighted by Crippen LogP contribution is -2.06. The summed E-state index contributed by atoms with van der Waals surface area (Å²) in [5, 5.41) is 4.13. The summed E-state index contributed by atoms with van der Waals surface area (Å²) in [7, 11) is 0. The first-order valence-electron chi connectivity index (χ1n) is 18.8. The Hall–Kier alpha value is -6.43. The molecule has 10 aromatic rings. The van der Waals surface area contributed by atoms with E-state index in [0.29, 0.717) is 23.2 Å². The first-order chi connectivity index (χ1) is 26.9. The molecule has 0 aliphatic carbocycles. The van der Waals surface area contributed by atoms with Crippen LogP contribution in [0.25, 0.3) is 93.0 Å². The highest BCUT2D eigenvalue weighted by Gasteiger charge is 2.19. The molecule has 3 aromatic heterocycles. The maximum Gasteiger partial charge on any atom is 0.238 e. The van der Waals surface area contributed by atoms with Gasteiger partial charge in [-0.3, -0.25) is 4.57 Å². The van der Waals surface area contributed by atoms with E-state index >= 15 is 0 Å². The summed E-state index contributed by atoms with van der Waals surface area (Å²) in [4.78, 5) is 15.2. The van der Waals surface area contributed by atoms with Gasteiger partial charge in [-0.15, -0.1) is 11.3 Å². The van der Waals surface area contributed by atoms with Crippen LogP contribution in [0.1, 0.15) is 6.85 Å². The fourth-order valence-corrected chi connectivity index (χ4v) is 8.08. The van der Waals surface area contributed by atoms with Gasteiger partial charge in [0, 0.05) is 47.6 Å². The number of fused-ring (bicyclic) bond motifs is 6. The molecule has 3 heterocycles. The smallest absolute Gasteiger partial charge is 0.238 e. The van der Waals surface area contributed by atoms with Crippen molar-refractivity contribution in [1.29, 1.82) is 0 Å². The summed E-state index contributed by atoms with van der Waals surface area (Å²) >= 11 is 1.52. The number of thiophene rings is 1. The summed E-state index contributed by atoms with van der Waals surface area (Å²) in [6.07, 6.45) is 0. The summed E-state index contributed by atoms with van der Waals surface area (Å²) < 4.78 is 46.8. The Balaban J connectivity index is 1.22. The van der Waals surface area contributed by atoms with Gasteiger partial charge >= 0.3 is 0 Å². The van der Waals surface area contributed by atoms with Gasteiger partial charge in [-0.1, -0.05) is 139 Å². The van der Waals surface area contributed by atoms with E-state index in [-0.39, 0.29) is 29.7 Å². The van der Waals surface area contributed by atoms with Crippen LogP contribution in [-0.2, 0) is 0 Å². The number of benzene rings is 7. The van der Waals surface area contributed by atoms with Crippen LogP contribution in [0, 0.1) is 0 Å². The van der Waals surface area contributed by atoms with Crippen LogP contribution < -0.4 is 0 Å². The molecular weight excluding hydrogens is 629 g/mol. The Morgan fingerprint density at radius 3 is 1.78 bits per heavy atom. The van der Waals surface area contributed by atoms with Crippen molar-refractivity contribution in [2.24, 2.45) is 0 Å². The average Bonchev–Trinajstić information content (AvgIpc) is 3.78. The highest BCUT2D eigenvalue weighted by molar-refractivity contribution is 7.26. The zero-order valence-corrected chi connectivity index (χ0v) is 27.3. The van der Waals surface area contributed by atoms with Crippen LogP contribution in [0.5, 0.6) is 0 Å². The van der Waals surface area contributed by atoms with Crippen molar-refractivity contribution in [3.8, 4) is 51.0 Å². The maximum absolute atomic E-state index is 8.88. The maximum atomic E-state index is 8.88. The van der Waals surface area contributed by atoms with Crippen molar-refractivity contribution < 1.29 is 6.85 Å². The van der Waals surface area contributed by atoms with E-state index in [9.17, 15) is 0 Å². The van der Waals surface area contributed by atoms with Crippen LogP contribution in [0.3, 0.4) is 0 Å². The fourth-order valence-electron chi connectivity index (χ4n) is 6.83. The van der Waals surface area contributed by atoms with Crippen molar-refractivity contribution >= 4 is 53.3 Å². The van der Waals surface area contributed by atoms with E-state index in [2.05, 4.69) is 47.0 Å². The predicted molar refractivity (Wildman–Crippen MR) is 209 cm³/mol. The van der Waals surface area contributed by atoms with Gasteiger partial charge in [0.25, 0.3) is 0 Å². The fraction of sp³-hybridized carbons (Fsp3) is 0. The third kappa shape index (κ3) is 4.71. The van der Waals surface area contributed by atoms with Crippen molar-refractivity contribution in [2.45, 2.75) is 0 Å². The van der Waals surface area contributed by atoms with Gasteiger partial charge in [0.1, 0.15) is 0 Å². The molecule has 0 aliphatic rings. The highest BCUT2D eigenvalue weighted by Crippen LogP contribution is 2.44. The molecule has 0 spiro atoms. The molecule has 0 aliphatic heterocycles. The molecule has 10 rings (SSSR count). The van der Waals surface area contributed by atoms with Gasteiger partial charge in [-0.25, -0.2) is 4.98 Å². The van der Waals surface area contributed by atoms with Gasteiger partial charge in [0.2, 0.25) is 5.95 Å². The highest BCUT2D eigenvalue weighted by atomic mass is 32.1. The first kappa shape index (κ1) is 23.8. The SMILES string of the molecule is [2H]c1c([2H])c([2H])c(-c2cc(-c3ccccc3)cc3c2sc2cc(-c4nc(-c5ccccc5)nc(-n5c6ccccc6c6ccccc65)n4)ccc23)c([2H])c1[2H]. The van der Waals surface area contributed by atoms with Crippen LogP contribution in [-0.4, -0.2) is 19.5 Å². The minimum absolute atomic E-state index is 0.182. The monoisotopic (exact) mass is 661 g/mol. The molecule has 5 heteroatoms. The zero-order chi connectivity index (χ0) is 37.4. The third-order valence-corrected chi connectivity index (χ3v) is 10.3. The van der Waals surface area contributed by atoms with Crippen LogP contribution >= 0.6 is 11.3 Å². The number of rotatable bonds is 5. The minimum Gasteiger partial charge on any atom is -0.278 e. The van der Waals surface area contributed by atoms with Gasteiger partial charge in [0.05, 0.1) is 17.9 Å². The van der Waals surface area contributed by atoms with E-state index in [0.717, 1.165) is 64.2 Å². The number of hydrogen-bond acceptors (Lipinski definition) is 4. The second-order valence-corrected chi connectivity index (χ2v) is 13.2. The average molecular weight is 662 g/mol. The van der Waals surface area contributed by atoms with Gasteiger partial charge < -0.3 is 0 Å². The van der Waals surface area contributed by atoms with Gasteiger partial charge in [-0.05, 0) is 47.0 Å². The molecule has 0 saturated carbocycles. The first-order valence-corrected chi connectivity index (χ1v) is 17.1. The largest absolute Gasteiger partial charge is 0.278 e. The van der Waals surface area contributed by atoms with Crippen LogP contribution in [0.4, 0.5) is 0 Å². The molecule has 0 N–H and O–H groups in total. The molecule has 0 fully saturated rings. The summed E-state index contributed by atoms with van der Waals surface area (Å²) in [5.74, 6) is 1.57. The molecule has 7 aromatic carbocycles. The standard InChI is InChI=1S/C45H28N4S/c1-4-14-29(15-5-1)33-26-37(30-16-6-2-7-17-30)42-38(27-33)36-25-24-32(28-41(36)50-42)44-46-43(31-18-8-3-9-19-31)47-45(48-44)49-39-22-12-10-20-34(39)35-21-11-13-23-40(35)49/h1-28H/i2D,6D,7D,16D,17D. The molecule has 0 radical (unpaired) electrons. The molecule has 0 saturated heterocycles. The van der Waals surface area contributed by atoms with E-state index in [1.165, 1.54) is 11.3 Å². The molecular formula is C45H28N4S. The topological polar surface area (TPSA) is 43.6 Å². The summed E-state index contributed by atoms with van der Waals surface area (Å²) in [6, 6.07) is 45.0. The van der Waals surface area contributed by atoms with Crippen molar-refractivity contribution in [1.82, 2.24) is 19.5 Å². The van der Waals surface area contributed by atoms with Gasteiger partial charge in [-0.2, -0.15) is 9.97 Å². The van der Waals surface area contributed by atoms with E-state index in [1.54, 1.807) is 0 Å². The van der Waals surface area contributed by atoms with Crippen molar-refractivity contribution in [3.05, 3.63) is 170 Å². The minimum atomic E-state index is -0.414.